The first-order valence-corrected chi connectivity index (χ1v) is 7.66. The summed E-state index contributed by atoms with van der Waals surface area (Å²) in [6.45, 7) is 3.69. The average Bonchev–Trinajstić information content (AvgIpc) is 2.97. The number of phenolic OH excluding ortho intramolecular Hbond substituents is 1. The summed E-state index contributed by atoms with van der Waals surface area (Å²) in [5, 5.41) is 14.4. The van der Waals surface area contributed by atoms with Gasteiger partial charge in [0.15, 0.2) is 6.10 Å². The molecule has 1 aromatic carbocycles. The summed E-state index contributed by atoms with van der Waals surface area (Å²) in [4.78, 5) is 24.9. The fourth-order valence-corrected chi connectivity index (χ4v) is 2.47. The minimum Gasteiger partial charge on any atom is -0.507 e. The number of carbonyl (C=O) groups excluding carboxylic acids is 2. The summed E-state index contributed by atoms with van der Waals surface area (Å²) in [5.74, 6) is -1.26. The van der Waals surface area contributed by atoms with Crippen molar-refractivity contribution < 1.29 is 19.4 Å². The van der Waals surface area contributed by atoms with Crippen molar-refractivity contribution in [1.82, 2.24) is 5.32 Å². The number of amides is 1. The van der Waals surface area contributed by atoms with Gasteiger partial charge in [-0.2, -0.15) is 0 Å². The van der Waals surface area contributed by atoms with Crippen molar-refractivity contribution in [3.63, 3.8) is 0 Å². The summed E-state index contributed by atoms with van der Waals surface area (Å²) >= 11 is 1.54. The topological polar surface area (TPSA) is 75.6 Å². The maximum atomic E-state index is 12.0. The van der Waals surface area contributed by atoms with Gasteiger partial charge >= 0.3 is 5.97 Å². The number of benzene rings is 1. The molecule has 0 saturated heterocycles. The first-order chi connectivity index (χ1) is 10.5. The molecule has 0 aliphatic carbocycles. The van der Waals surface area contributed by atoms with Crippen LogP contribution >= 0.6 is 11.3 Å². The molecule has 1 heterocycles. The SMILES string of the molecule is Cc1ccc(C(=O)O[C@@H](C)C(=O)NCc2cccs2)c(O)c1. The molecule has 0 unspecified atom stereocenters. The number of hydrogen-bond acceptors (Lipinski definition) is 5. The molecule has 6 heteroatoms. The van der Waals surface area contributed by atoms with Crippen LogP contribution in [-0.2, 0) is 16.1 Å². The largest absolute Gasteiger partial charge is 0.507 e. The Morgan fingerprint density at radius 1 is 1.36 bits per heavy atom. The molecule has 2 aromatic rings. The van der Waals surface area contributed by atoms with E-state index < -0.39 is 12.1 Å². The lowest BCUT2D eigenvalue weighted by Crippen LogP contribution is -2.35. The standard InChI is InChI=1S/C16H17NO4S/c1-10-5-6-13(14(18)8-10)16(20)21-11(2)15(19)17-9-12-4-3-7-22-12/h3-8,11,18H,9H2,1-2H3,(H,17,19)/t11-/m0/s1. The van der Waals surface area contributed by atoms with Crippen LogP contribution in [0, 0.1) is 6.92 Å². The Labute approximate surface area is 132 Å². The molecular weight excluding hydrogens is 302 g/mol. The van der Waals surface area contributed by atoms with Gasteiger partial charge in [0.05, 0.1) is 6.54 Å². The van der Waals surface area contributed by atoms with Crippen molar-refractivity contribution >= 4 is 23.2 Å². The molecule has 1 amide bonds. The van der Waals surface area contributed by atoms with Gasteiger partial charge in [0.1, 0.15) is 11.3 Å². The quantitative estimate of drug-likeness (QED) is 0.831. The Balaban J connectivity index is 1.91. The van der Waals surface area contributed by atoms with Crippen LogP contribution in [0.4, 0.5) is 0 Å². The van der Waals surface area contributed by atoms with Crippen molar-refractivity contribution in [2.75, 3.05) is 0 Å². The van der Waals surface area contributed by atoms with Crippen LogP contribution in [0.3, 0.4) is 0 Å². The number of aryl methyl sites for hydroxylation is 1. The number of aromatic hydroxyl groups is 1. The van der Waals surface area contributed by atoms with Gasteiger partial charge in [-0.25, -0.2) is 4.79 Å². The third-order valence-corrected chi connectivity index (χ3v) is 3.92. The van der Waals surface area contributed by atoms with E-state index in [4.69, 9.17) is 4.74 Å². The molecule has 2 rings (SSSR count). The van der Waals surface area contributed by atoms with E-state index in [0.29, 0.717) is 6.54 Å². The summed E-state index contributed by atoms with van der Waals surface area (Å²) < 4.78 is 5.08. The third-order valence-electron chi connectivity index (χ3n) is 3.04. The second kappa shape index (κ2) is 7.09. The summed E-state index contributed by atoms with van der Waals surface area (Å²) in [5.41, 5.74) is 0.874. The van der Waals surface area contributed by atoms with Crippen molar-refractivity contribution in [2.24, 2.45) is 0 Å². The monoisotopic (exact) mass is 319 g/mol. The highest BCUT2D eigenvalue weighted by Crippen LogP contribution is 2.19. The van der Waals surface area contributed by atoms with Gasteiger partial charge < -0.3 is 15.2 Å². The normalized spacial score (nSPS) is 11.7. The predicted octanol–water partition coefficient (Wildman–Crippen LogP) is 2.62. The van der Waals surface area contributed by atoms with Gasteiger partial charge in [0.25, 0.3) is 5.91 Å². The molecule has 5 nitrogen and oxygen atoms in total. The Kier molecular flexibility index (Phi) is 5.16. The van der Waals surface area contributed by atoms with Gasteiger partial charge in [-0.05, 0) is 43.0 Å². The number of phenols is 1. The first kappa shape index (κ1) is 16.0. The number of thiophene rings is 1. The van der Waals surface area contributed by atoms with Gasteiger partial charge in [-0.15, -0.1) is 11.3 Å². The van der Waals surface area contributed by atoms with Crippen LogP contribution in [0.1, 0.15) is 27.7 Å². The summed E-state index contributed by atoms with van der Waals surface area (Å²) in [6, 6.07) is 8.45. The number of esters is 1. The van der Waals surface area contributed by atoms with Gasteiger partial charge in [-0.1, -0.05) is 12.1 Å². The Bertz CT molecular complexity index is 667. The van der Waals surface area contributed by atoms with E-state index in [1.54, 1.807) is 13.0 Å². The Morgan fingerprint density at radius 2 is 2.14 bits per heavy atom. The average molecular weight is 319 g/mol. The fourth-order valence-electron chi connectivity index (χ4n) is 1.82. The van der Waals surface area contributed by atoms with Crippen molar-refractivity contribution in [3.05, 3.63) is 51.7 Å². The lowest BCUT2D eigenvalue weighted by molar-refractivity contribution is -0.129. The summed E-state index contributed by atoms with van der Waals surface area (Å²) in [6.07, 6.45) is -0.937. The van der Waals surface area contributed by atoms with Crippen LogP contribution in [-0.4, -0.2) is 23.1 Å². The maximum Gasteiger partial charge on any atom is 0.342 e. The molecule has 0 spiro atoms. The Morgan fingerprint density at radius 3 is 2.77 bits per heavy atom. The number of ether oxygens (including phenoxy) is 1. The van der Waals surface area contributed by atoms with Gasteiger partial charge in [-0.3, -0.25) is 4.79 Å². The fraction of sp³-hybridized carbons (Fsp3) is 0.250. The zero-order valence-corrected chi connectivity index (χ0v) is 13.1. The minimum atomic E-state index is -0.937. The molecule has 22 heavy (non-hydrogen) atoms. The van der Waals surface area contributed by atoms with Crippen molar-refractivity contribution in [3.8, 4) is 5.75 Å². The van der Waals surface area contributed by atoms with E-state index in [2.05, 4.69) is 5.32 Å². The number of hydrogen-bond donors (Lipinski definition) is 2. The smallest absolute Gasteiger partial charge is 0.342 e. The minimum absolute atomic E-state index is 0.0449. The third kappa shape index (κ3) is 4.08. The van der Waals surface area contributed by atoms with Gasteiger partial charge in [0.2, 0.25) is 0 Å². The second-order valence-electron chi connectivity index (χ2n) is 4.87. The number of nitrogens with one attached hydrogen (secondary N) is 1. The molecular formula is C16H17NO4S. The Hall–Kier alpha value is -2.34. The molecule has 0 bridgehead atoms. The lowest BCUT2D eigenvalue weighted by Gasteiger charge is -2.13. The van der Waals surface area contributed by atoms with Crippen LogP contribution < -0.4 is 5.32 Å². The molecule has 0 saturated carbocycles. The molecule has 1 atom stereocenters. The zero-order chi connectivity index (χ0) is 16.1. The summed E-state index contributed by atoms with van der Waals surface area (Å²) in [7, 11) is 0. The molecule has 2 N–H and O–H groups in total. The molecule has 0 radical (unpaired) electrons. The van der Waals surface area contributed by atoms with Crippen LogP contribution in [0.5, 0.6) is 5.75 Å². The molecule has 0 aliphatic heterocycles. The molecule has 1 aromatic heterocycles. The molecule has 0 fully saturated rings. The van der Waals surface area contributed by atoms with E-state index in [1.165, 1.54) is 30.4 Å². The van der Waals surface area contributed by atoms with E-state index in [1.807, 2.05) is 17.5 Å². The van der Waals surface area contributed by atoms with E-state index in [9.17, 15) is 14.7 Å². The van der Waals surface area contributed by atoms with Crippen molar-refractivity contribution in [2.45, 2.75) is 26.5 Å². The van der Waals surface area contributed by atoms with Crippen LogP contribution in [0.25, 0.3) is 0 Å². The highest BCUT2D eigenvalue weighted by Gasteiger charge is 2.20. The predicted molar refractivity (Wildman–Crippen MR) is 83.9 cm³/mol. The molecule has 116 valence electrons. The highest BCUT2D eigenvalue weighted by molar-refractivity contribution is 7.09. The zero-order valence-electron chi connectivity index (χ0n) is 12.3. The number of rotatable bonds is 5. The lowest BCUT2D eigenvalue weighted by atomic mass is 10.1. The van der Waals surface area contributed by atoms with Crippen molar-refractivity contribution in [1.29, 1.82) is 0 Å². The maximum absolute atomic E-state index is 12.0. The van der Waals surface area contributed by atoms with Crippen LogP contribution in [0.2, 0.25) is 0 Å². The molecule has 0 aliphatic rings. The first-order valence-electron chi connectivity index (χ1n) is 6.78. The van der Waals surface area contributed by atoms with E-state index in [0.717, 1.165) is 10.4 Å². The van der Waals surface area contributed by atoms with Crippen LogP contribution in [0.15, 0.2) is 35.7 Å². The number of carbonyl (C=O) groups is 2. The highest BCUT2D eigenvalue weighted by atomic mass is 32.1. The van der Waals surface area contributed by atoms with Gasteiger partial charge in [0, 0.05) is 4.88 Å². The second-order valence-corrected chi connectivity index (χ2v) is 5.90. The van der Waals surface area contributed by atoms with E-state index in [-0.39, 0.29) is 17.2 Å². The van der Waals surface area contributed by atoms with E-state index >= 15 is 0 Å².